The minimum Gasteiger partial charge on any atom is -0.309 e. The van der Waals surface area contributed by atoms with Gasteiger partial charge in [0.15, 0.2) is 0 Å². The summed E-state index contributed by atoms with van der Waals surface area (Å²) in [6, 6.07) is 0.875. The molecule has 1 aliphatic carbocycles. The number of hydrogen-bond donors (Lipinski definition) is 1. The number of nitrogens with one attached hydrogen (secondary N) is 1. The average molecular weight is 224 g/mol. The number of nitrogens with zero attached hydrogens (tertiary/aromatic N) is 1. The standard InChI is InChI=1S/C14H28N2/c1-4-12-7-5-6-8-13(12)16-10-9-15-14(2,3)11-16/h12-13,15H,4-11H2,1-3H3. The van der Waals surface area contributed by atoms with E-state index >= 15 is 0 Å². The van der Waals surface area contributed by atoms with Crippen molar-refractivity contribution in [2.24, 2.45) is 5.92 Å². The van der Waals surface area contributed by atoms with Gasteiger partial charge in [-0.05, 0) is 32.6 Å². The van der Waals surface area contributed by atoms with E-state index in [2.05, 4.69) is 31.0 Å². The third-order valence-electron chi connectivity index (χ3n) is 4.46. The van der Waals surface area contributed by atoms with E-state index in [1.807, 2.05) is 0 Å². The van der Waals surface area contributed by atoms with E-state index in [-0.39, 0.29) is 0 Å². The van der Waals surface area contributed by atoms with Crippen molar-refractivity contribution < 1.29 is 0 Å². The molecule has 2 rings (SSSR count). The monoisotopic (exact) mass is 224 g/mol. The van der Waals surface area contributed by atoms with Gasteiger partial charge in [-0.25, -0.2) is 0 Å². The van der Waals surface area contributed by atoms with Gasteiger partial charge in [0, 0.05) is 31.2 Å². The van der Waals surface area contributed by atoms with Crippen LogP contribution >= 0.6 is 0 Å². The van der Waals surface area contributed by atoms with E-state index in [9.17, 15) is 0 Å². The van der Waals surface area contributed by atoms with Crippen LogP contribution in [0.5, 0.6) is 0 Å². The number of rotatable bonds is 2. The van der Waals surface area contributed by atoms with Crippen LogP contribution in [0.2, 0.25) is 0 Å². The molecule has 0 aromatic carbocycles. The molecule has 1 saturated carbocycles. The van der Waals surface area contributed by atoms with Gasteiger partial charge in [0.05, 0.1) is 0 Å². The lowest BCUT2D eigenvalue weighted by Gasteiger charge is -2.47. The molecule has 2 heteroatoms. The Morgan fingerprint density at radius 1 is 1.25 bits per heavy atom. The SMILES string of the molecule is CCC1CCCCC1N1CCNC(C)(C)C1. The molecule has 1 saturated heterocycles. The Morgan fingerprint density at radius 2 is 2.00 bits per heavy atom. The molecule has 0 bridgehead atoms. The van der Waals surface area contributed by atoms with E-state index in [4.69, 9.17) is 0 Å². The highest BCUT2D eigenvalue weighted by atomic mass is 15.2. The lowest BCUT2D eigenvalue weighted by molar-refractivity contribution is 0.0528. The van der Waals surface area contributed by atoms with E-state index in [1.165, 1.54) is 51.7 Å². The highest BCUT2D eigenvalue weighted by Gasteiger charge is 2.34. The summed E-state index contributed by atoms with van der Waals surface area (Å²) in [6.45, 7) is 10.7. The lowest BCUT2D eigenvalue weighted by atomic mass is 9.81. The first-order valence-electron chi connectivity index (χ1n) is 7.11. The molecule has 0 radical (unpaired) electrons. The third kappa shape index (κ3) is 2.78. The van der Waals surface area contributed by atoms with Crippen LogP contribution in [-0.4, -0.2) is 36.1 Å². The first-order chi connectivity index (χ1) is 7.62. The molecule has 2 nitrogen and oxygen atoms in total. The van der Waals surface area contributed by atoms with Crippen LogP contribution in [0.4, 0.5) is 0 Å². The summed E-state index contributed by atoms with van der Waals surface area (Å²) in [5, 5.41) is 3.62. The molecular weight excluding hydrogens is 196 g/mol. The molecular formula is C14H28N2. The van der Waals surface area contributed by atoms with Gasteiger partial charge in [0.2, 0.25) is 0 Å². The van der Waals surface area contributed by atoms with Gasteiger partial charge >= 0.3 is 0 Å². The van der Waals surface area contributed by atoms with E-state index in [0.717, 1.165) is 12.0 Å². The van der Waals surface area contributed by atoms with Gasteiger partial charge in [0.25, 0.3) is 0 Å². The predicted molar refractivity (Wildman–Crippen MR) is 69.7 cm³/mol. The van der Waals surface area contributed by atoms with Crippen LogP contribution in [0.3, 0.4) is 0 Å². The quantitative estimate of drug-likeness (QED) is 0.776. The molecule has 2 fully saturated rings. The van der Waals surface area contributed by atoms with Gasteiger partial charge < -0.3 is 5.32 Å². The molecule has 94 valence electrons. The summed E-state index contributed by atoms with van der Waals surface area (Å²) < 4.78 is 0. The average Bonchev–Trinajstić information content (AvgIpc) is 2.27. The van der Waals surface area contributed by atoms with Crippen LogP contribution in [-0.2, 0) is 0 Å². The van der Waals surface area contributed by atoms with Crippen molar-refractivity contribution in [1.82, 2.24) is 10.2 Å². The molecule has 1 aliphatic heterocycles. The Kier molecular flexibility index (Phi) is 3.91. The van der Waals surface area contributed by atoms with Crippen molar-refractivity contribution in [3.05, 3.63) is 0 Å². The molecule has 1 heterocycles. The molecule has 1 N–H and O–H groups in total. The summed E-state index contributed by atoms with van der Waals surface area (Å²) in [5.41, 5.74) is 0.313. The molecule has 16 heavy (non-hydrogen) atoms. The minimum atomic E-state index is 0.313. The van der Waals surface area contributed by atoms with Gasteiger partial charge in [0.1, 0.15) is 0 Å². The minimum absolute atomic E-state index is 0.313. The summed E-state index contributed by atoms with van der Waals surface area (Å²) in [6.07, 6.45) is 7.19. The fourth-order valence-corrected chi connectivity index (χ4v) is 3.61. The molecule has 2 aliphatic rings. The topological polar surface area (TPSA) is 15.3 Å². The zero-order chi connectivity index (χ0) is 11.6. The van der Waals surface area contributed by atoms with Crippen molar-refractivity contribution in [2.45, 2.75) is 64.5 Å². The molecule has 0 spiro atoms. The van der Waals surface area contributed by atoms with Crippen LogP contribution in [0.1, 0.15) is 52.9 Å². The maximum absolute atomic E-state index is 3.62. The maximum Gasteiger partial charge on any atom is 0.0252 e. The first kappa shape index (κ1) is 12.4. The van der Waals surface area contributed by atoms with Gasteiger partial charge in [-0.15, -0.1) is 0 Å². The van der Waals surface area contributed by atoms with Crippen molar-refractivity contribution >= 4 is 0 Å². The van der Waals surface area contributed by atoms with Crippen molar-refractivity contribution in [3.63, 3.8) is 0 Å². The molecule has 0 aromatic heterocycles. The molecule has 0 amide bonds. The largest absolute Gasteiger partial charge is 0.309 e. The number of hydrogen-bond acceptors (Lipinski definition) is 2. The Labute approximate surface area is 101 Å². The Bertz CT molecular complexity index is 225. The summed E-state index contributed by atoms with van der Waals surface area (Å²) in [5.74, 6) is 0.961. The fraction of sp³-hybridized carbons (Fsp3) is 1.00. The Hall–Kier alpha value is -0.0800. The predicted octanol–water partition coefficient (Wildman–Crippen LogP) is 2.64. The second-order valence-corrected chi connectivity index (χ2v) is 6.30. The zero-order valence-corrected chi connectivity index (χ0v) is 11.3. The van der Waals surface area contributed by atoms with Crippen LogP contribution in [0.15, 0.2) is 0 Å². The van der Waals surface area contributed by atoms with E-state index in [1.54, 1.807) is 0 Å². The molecule has 2 unspecified atom stereocenters. The number of piperazine rings is 1. The molecule has 0 aromatic rings. The highest BCUT2D eigenvalue weighted by molar-refractivity contribution is 4.92. The van der Waals surface area contributed by atoms with Gasteiger partial charge in [-0.2, -0.15) is 0 Å². The van der Waals surface area contributed by atoms with Crippen molar-refractivity contribution in [3.8, 4) is 0 Å². The fourth-order valence-electron chi connectivity index (χ4n) is 3.61. The Morgan fingerprint density at radius 3 is 2.69 bits per heavy atom. The van der Waals surface area contributed by atoms with Crippen LogP contribution in [0.25, 0.3) is 0 Å². The zero-order valence-electron chi connectivity index (χ0n) is 11.3. The van der Waals surface area contributed by atoms with Crippen molar-refractivity contribution in [1.29, 1.82) is 0 Å². The first-order valence-corrected chi connectivity index (χ1v) is 7.11. The van der Waals surface area contributed by atoms with Gasteiger partial charge in [-0.3, -0.25) is 4.90 Å². The molecule has 2 atom stereocenters. The van der Waals surface area contributed by atoms with E-state index < -0.39 is 0 Å². The van der Waals surface area contributed by atoms with Gasteiger partial charge in [-0.1, -0.05) is 26.2 Å². The summed E-state index contributed by atoms with van der Waals surface area (Å²) >= 11 is 0. The maximum atomic E-state index is 3.62. The second kappa shape index (κ2) is 5.05. The summed E-state index contributed by atoms with van der Waals surface area (Å²) in [4.78, 5) is 2.77. The lowest BCUT2D eigenvalue weighted by Crippen LogP contribution is -2.60. The third-order valence-corrected chi connectivity index (χ3v) is 4.46. The smallest absolute Gasteiger partial charge is 0.0252 e. The van der Waals surface area contributed by atoms with Crippen LogP contribution in [0, 0.1) is 5.92 Å². The second-order valence-electron chi connectivity index (χ2n) is 6.30. The van der Waals surface area contributed by atoms with E-state index in [0.29, 0.717) is 5.54 Å². The Balaban J connectivity index is 1.99. The highest BCUT2D eigenvalue weighted by Crippen LogP contribution is 2.31. The normalized spacial score (nSPS) is 36.2. The summed E-state index contributed by atoms with van der Waals surface area (Å²) in [7, 11) is 0. The van der Waals surface area contributed by atoms with Crippen LogP contribution < -0.4 is 5.32 Å². The van der Waals surface area contributed by atoms with Crippen molar-refractivity contribution in [2.75, 3.05) is 19.6 Å².